The van der Waals surface area contributed by atoms with Crippen molar-refractivity contribution in [2.45, 2.75) is 92.6 Å². The fourth-order valence-electron chi connectivity index (χ4n) is 5.84. The van der Waals surface area contributed by atoms with Crippen molar-refractivity contribution in [3.8, 4) is 0 Å². The third-order valence-electron chi connectivity index (χ3n) is 8.26. The lowest BCUT2D eigenvalue weighted by atomic mass is 9.47. The van der Waals surface area contributed by atoms with E-state index in [2.05, 4.69) is 40.7 Å². The van der Waals surface area contributed by atoms with Crippen LogP contribution < -0.4 is 0 Å². The SMILES string of the molecule is CC(=O)OCC(CO)OC(=O)CC(C)CC[C@]1(C)[C@@H](C)CC[C@]2(C)C(C)=CCC[C@@H]12. The van der Waals surface area contributed by atoms with E-state index in [0.29, 0.717) is 23.7 Å². The monoisotopic (exact) mass is 422 g/mol. The highest BCUT2D eigenvalue weighted by molar-refractivity contribution is 5.70. The fraction of sp³-hybridized carbons (Fsp3) is 0.840. The summed E-state index contributed by atoms with van der Waals surface area (Å²) in [4.78, 5) is 23.2. The van der Waals surface area contributed by atoms with Crippen molar-refractivity contribution < 1.29 is 24.2 Å². The van der Waals surface area contributed by atoms with E-state index >= 15 is 0 Å². The summed E-state index contributed by atoms with van der Waals surface area (Å²) in [5.74, 6) is 0.802. The molecule has 1 saturated carbocycles. The zero-order valence-electron chi connectivity index (χ0n) is 19.8. The second-order valence-corrected chi connectivity index (χ2v) is 10.3. The quantitative estimate of drug-likeness (QED) is 0.415. The van der Waals surface area contributed by atoms with Gasteiger partial charge in [-0.1, -0.05) is 39.3 Å². The predicted octanol–water partition coefficient (Wildman–Crippen LogP) is 5.06. The number of aliphatic hydroxyl groups excluding tert-OH is 1. The Hall–Kier alpha value is -1.36. The van der Waals surface area contributed by atoms with Crippen LogP contribution in [-0.2, 0) is 19.1 Å². The number of rotatable bonds is 9. The number of ether oxygens (including phenoxy) is 2. The molecule has 1 N–H and O–H groups in total. The maximum absolute atomic E-state index is 12.3. The molecule has 0 aliphatic heterocycles. The molecule has 2 rings (SSSR count). The van der Waals surface area contributed by atoms with Crippen molar-refractivity contribution in [1.82, 2.24) is 0 Å². The molecular weight excluding hydrogens is 380 g/mol. The van der Waals surface area contributed by atoms with Gasteiger partial charge in [0.1, 0.15) is 6.61 Å². The van der Waals surface area contributed by atoms with Crippen LogP contribution in [0.15, 0.2) is 11.6 Å². The molecule has 2 unspecified atom stereocenters. The van der Waals surface area contributed by atoms with Gasteiger partial charge in [-0.15, -0.1) is 0 Å². The second-order valence-electron chi connectivity index (χ2n) is 10.3. The van der Waals surface area contributed by atoms with Gasteiger partial charge in [0.25, 0.3) is 0 Å². The molecule has 2 aliphatic rings. The van der Waals surface area contributed by atoms with Gasteiger partial charge in [0.05, 0.1) is 6.61 Å². The van der Waals surface area contributed by atoms with Crippen molar-refractivity contribution >= 4 is 11.9 Å². The Morgan fingerprint density at radius 1 is 1.30 bits per heavy atom. The van der Waals surface area contributed by atoms with Crippen LogP contribution in [-0.4, -0.2) is 36.4 Å². The molecule has 6 atom stereocenters. The summed E-state index contributed by atoms with van der Waals surface area (Å²) >= 11 is 0. The Bertz CT molecular complexity index is 641. The van der Waals surface area contributed by atoms with Crippen molar-refractivity contribution in [2.75, 3.05) is 13.2 Å². The highest BCUT2D eigenvalue weighted by Crippen LogP contribution is 2.61. The largest absolute Gasteiger partial charge is 0.462 e. The van der Waals surface area contributed by atoms with Crippen LogP contribution in [0.4, 0.5) is 0 Å². The highest BCUT2D eigenvalue weighted by atomic mass is 16.6. The molecule has 0 spiro atoms. The molecule has 0 saturated heterocycles. The Morgan fingerprint density at radius 2 is 2.00 bits per heavy atom. The number of hydrogen-bond donors (Lipinski definition) is 1. The lowest BCUT2D eigenvalue weighted by Gasteiger charge is -2.58. The van der Waals surface area contributed by atoms with Crippen molar-refractivity contribution in [3.05, 3.63) is 11.6 Å². The molecule has 0 amide bonds. The molecule has 0 radical (unpaired) electrons. The van der Waals surface area contributed by atoms with E-state index in [0.717, 1.165) is 12.8 Å². The molecule has 1 fully saturated rings. The summed E-state index contributed by atoms with van der Waals surface area (Å²) in [5.41, 5.74) is 2.16. The summed E-state index contributed by atoms with van der Waals surface area (Å²) in [6, 6.07) is 0. The van der Waals surface area contributed by atoms with Gasteiger partial charge >= 0.3 is 11.9 Å². The number of fused-ring (bicyclic) bond motifs is 1. The van der Waals surface area contributed by atoms with Gasteiger partial charge < -0.3 is 14.6 Å². The minimum absolute atomic E-state index is 0.103. The van der Waals surface area contributed by atoms with Gasteiger partial charge in [-0.3, -0.25) is 9.59 Å². The van der Waals surface area contributed by atoms with E-state index in [9.17, 15) is 14.7 Å². The normalized spacial score (nSPS) is 33.1. The predicted molar refractivity (Wildman–Crippen MR) is 118 cm³/mol. The molecule has 0 heterocycles. The van der Waals surface area contributed by atoms with Crippen molar-refractivity contribution in [3.63, 3.8) is 0 Å². The number of carbonyl (C=O) groups excluding carboxylic acids is 2. The topological polar surface area (TPSA) is 72.8 Å². The van der Waals surface area contributed by atoms with E-state index in [1.807, 2.05) is 0 Å². The highest BCUT2D eigenvalue weighted by Gasteiger charge is 2.52. The van der Waals surface area contributed by atoms with E-state index in [-0.39, 0.29) is 30.5 Å². The van der Waals surface area contributed by atoms with Crippen molar-refractivity contribution in [1.29, 1.82) is 0 Å². The van der Waals surface area contributed by atoms with Gasteiger partial charge in [-0.2, -0.15) is 0 Å². The lowest BCUT2D eigenvalue weighted by molar-refractivity contribution is -0.161. The molecule has 30 heavy (non-hydrogen) atoms. The molecular formula is C25H42O5. The molecule has 0 bridgehead atoms. The number of hydrogen-bond acceptors (Lipinski definition) is 5. The number of carbonyl (C=O) groups is 2. The summed E-state index contributed by atoms with van der Waals surface area (Å²) in [7, 11) is 0. The van der Waals surface area contributed by atoms with E-state index in [4.69, 9.17) is 9.47 Å². The zero-order chi connectivity index (χ0) is 22.5. The molecule has 5 nitrogen and oxygen atoms in total. The van der Waals surface area contributed by atoms with Crippen molar-refractivity contribution in [2.24, 2.45) is 28.6 Å². The van der Waals surface area contributed by atoms with Crippen LogP contribution in [0.1, 0.15) is 86.5 Å². The summed E-state index contributed by atoms with van der Waals surface area (Å²) < 4.78 is 10.1. The van der Waals surface area contributed by atoms with Gasteiger partial charge in [-0.05, 0) is 74.0 Å². The number of aliphatic hydroxyl groups is 1. The standard InChI is InChI=1S/C25H42O5/c1-17(14-23(28)30-21(15-26)16-29-20(4)27)10-12-24(5)19(3)11-13-25(6)18(2)8-7-9-22(24)25/h8,17,19,21-22,26H,7,9-16H2,1-6H3/t17?,19-,21?,22-,24+,25+/m0/s1. The Balaban J connectivity index is 1.92. The van der Waals surface area contributed by atoms with Crippen LogP contribution in [0.5, 0.6) is 0 Å². The number of allylic oxidation sites excluding steroid dienone is 2. The Morgan fingerprint density at radius 3 is 2.63 bits per heavy atom. The summed E-state index contributed by atoms with van der Waals surface area (Å²) in [6.07, 6.45) is 9.07. The minimum Gasteiger partial charge on any atom is -0.462 e. The lowest BCUT2D eigenvalue weighted by Crippen LogP contribution is -2.49. The molecule has 0 aromatic carbocycles. The maximum atomic E-state index is 12.3. The van der Waals surface area contributed by atoms with Crippen LogP contribution >= 0.6 is 0 Å². The first-order chi connectivity index (χ1) is 14.0. The van der Waals surface area contributed by atoms with Gasteiger partial charge in [0.2, 0.25) is 0 Å². The molecule has 2 aliphatic carbocycles. The molecule has 172 valence electrons. The van der Waals surface area contributed by atoms with Crippen LogP contribution in [0.25, 0.3) is 0 Å². The molecule has 5 heteroatoms. The second kappa shape index (κ2) is 10.3. The third kappa shape index (κ3) is 5.66. The summed E-state index contributed by atoms with van der Waals surface area (Å²) in [6.45, 7) is 12.6. The van der Waals surface area contributed by atoms with Gasteiger partial charge in [0, 0.05) is 13.3 Å². The van der Waals surface area contributed by atoms with Crippen LogP contribution in [0, 0.1) is 28.6 Å². The first-order valence-electron chi connectivity index (χ1n) is 11.6. The first kappa shape index (κ1) is 24.9. The average molecular weight is 423 g/mol. The van der Waals surface area contributed by atoms with Gasteiger partial charge in [-0.25, -0.2) is 0 Å². The number of esters is 2. The van der Waals surface area contributed by atoms with Crippen LogP contribution in [0.2, 0.25) is 0 Å². The summed E-state index contributed by atoms with van der Waals surface area (Å²) in [5, 5.41) is 9.34. The third-order valence-corrected chi connectivity index (χ3v) is 8.26. The van der Waals surface area contributed by atoms with Crippen LogP contribution in [0.3, 0.4) is 0 Å². The average Bonchev–Trinajstić information content (AvgIpc) is 2.68. The van der Waals surface area contributed by atoms with E-state index < -0.39 is 12.1 Å². The molecule has 0 aromatic heterocycles. The van der Waals surface area contributed by atoms with Gasteiger partial charge in [0.15, 0.2) is 6.10 Å². The molecule has 0 aromatic rings. The first-order valence-corrected chi connectivity index (χ1v) is 11.6. The van der Waals surface area contributed by atoms with E-state index in [1.165, 1.54) is 32.6 Å². The fourth-order valence-corrected chi connectivity index (χ4v) is 5.84. The maximum Gasteiger partial charge on any atom is 0.306 e. The Kier molecular flexibility index (Phi) is 8.55. The van der Waals surface area contributed by atoms with E-state index in [1.54, 1.807) is 5.57 Å². The zero-order valence-corrected chi connectivity index (χ0v) is 19.8. The Labute approximate surface area is 182 Å². The minimum atomic E-state index is -0.790. The smallest absolute Gasteiger partial charge is 0.306 e.